The number of rotatable bonds is 49. The van der Waals surface area contributed by atoms with Crippen LogP contribution in [0.2, 0.25) is 0 Å². The summed E-state index contributed by atoms with van der Waals surface area (Å²) in [5, 5.41) is 0. The molecular formula is C49H83NaO10. The summed E-state index contributed by atoms with van der Waals surface area (Å²) in [5.41, 5.74) is 0.419. The van der Waals surface area contributed by atoms with E-state index in [1.54, 1.807) is 30.4 Å². The molecule has 0 heterocycles. The molecule has 1 aromatic carbocycles. The predicted molar refractivity (Wildman–Crippen MR) is 239 cm³/mol. The van der Waals surface area contributed by atoms with E-state index in [1.165, 1.54) is 96.3 Å². The third kappa shape index (κ3) is 38.0. The van der Waals surface area contributed by atoms with Crippen LogP contribution in [0.5, 0.6) is 17.2 Å². The van der Waals surface area contributed by atoms with E-state index in [1.807, 2.05) is 0 Å². The smallest absolute Gasteiger partial charge is 0.502 e. The SMILES string of the molecule is C=CCOOCCCCCCCCCCCOc1cc([C-]=O)cc(OCCCCCCCCCCCOOCC=C)c1OCCCCCCCCCCCOOCC=C.[Na+]. The molecule has 0 saturated heterocycles. The van der Waals surface area contributed by atoms with E-state index < -0.39 is 0 Å². The number of carbonyl (C=O) groups excluding carboxylic acids is 1. The van der Waals surface area contributed by atoms with Gasteiger partial charge in [-0.15, -0.1) is 37.4 Å². The summed E-state index contributed by atoms with van der Waals surface area (Å²) >= 11 is 0. The summed E-state index contributed by atoms with van der Waals surface area (Å²) < 4.78 is 18.9. The number of hydrogen-bond acceptors (Lipinski definition) is 10. The number of unbranched alkanes of at least 4 members (excludes halogenated alkanes) is 24. The average Bonchev–Trinajstić information content (AvgIpc) is 3.25. The van der Waals surface area contributed by atoms with Crippen molar-refractivity contribution < 1.29 is 77.9 Å². The Morgan fingerprint density at radius 3 is 0.883 bits per heavy atom. The van der Waals surface area contributed by atoms with Gasteiger partial charge in [-0.2, -0.15) is 0 Å². The Bertz CT molecular complexity index is 1040. The molecule has 0 N–H and O–H groups in total. The summed E-state index contributed by atoms with van der Waals surface area (Å²) in [4.78, 5) is 42.0. The zero-order valence-electron chi connectivity index (χ0n) is 38.0. The van der Waals surface area contributed by atoms with Crippen molar-refractivity contribution in [2.24, 2.45) is 0 Å². The summed E-state index contributed by atoms with van der Waals surface area (Å²) in [6.07, 6.45) is 38.2. The molecule has 1 aromatic rings. The van der Waals surface area contributed by atoms with E-state index in [0.29, 0.717) is 82.3 Å². The Labute approximate surface area is 387 Å². The maximum absolute atomic E-state index is 11.8. The van der Waals surface area contributed by atoms with Gasteiger partial charge in [0.15, 0.2) is 5.75 Å². The van der Waals surface area contributed by atoms with E-state index in [4.69, 9.17) is 43.5 Å². The first-order chi connectivity index (χ1) is 29.3. The van der Waals surface area contributed by atoms with Gasteiger partial charge >= 0.3 is 29.6 Å². The molecule has 0 bridgehead atoms. The van der Waals surface area contributed by atoms with E-state index in [2.05, 4.69) is 26.0 Å². The van der Waals surface area contributed by atoms with Gasteiger partial charge in [0.25, 0.3) is 0 Å². The van der Waals surface area contributed by atoms with Crippen LogP contribution in [-0.4, -0.2) is 65.7 Å². The molecule has 60 heavy (non-hydrogen) atoms. The second-order valence-corrected chi connectivity index (χ2v) is 15.2. The maximum Gasteiger partial charge on any atom is 1.00 e. The first kappa shape index (κ1) is 58.3. The van der Waals surface area contributed by atoms with Crippen molar-refractivity contribution in [1.82, 2.24) is 0 Å². The minimum Gasteiger partial charge on any atom is -0.502 e. The van der Waals surface area contributed by atoms with Gasteiger partial charge in [0.1, 0.15) is 31.3 Å². The van der Waals surface area contributed by atoms with E-state index >= 15 is 0 Å². The molecule has 11 heteroatoms. The fourth-order valence-corrected chi connectivity index (χ4v) is 6.50. The normalized spacial score (nSPS) is 10.9. The average molecular weight is 855 g/mol. The summed E-state index contributed by atoms with van der Waals surface area (Å²) in [6.45, 7) is 15.8. The van der Waals surface area contributed by atoms with Crippen molar-refractivity contribution in [1.29, 1.82) is 0 Å². The molecule has 340 valence electrons. The summed E-state index contributed by atoms with van der Waals surface area (Å²) in [6, 6.07) is 3.49. The zero-order valence-corrected chi connectivity index (χ0v) is 40.0. The van der Waals surface area contributed by atoms with Gasteiger partial charge in [-0.3, -0.25) is 0 Å². The topological polar surface area (TPSA) is 100 Å². The van der Waals surface area contributed by atoms with Gasteiger partial charge in [-0.25, -0.2) is 29.3 Å². The quantitative estimate of drug-likeness (QED) is 0.0157. The molecule has 0 unspecified atom stereocenters. The van der Waals surface area contributed by atoms with Crippen LogP contribution in [0.3, 0.4) is 0 Å². The van der Waals surface area contributed by atoms with Crippen LogP contribution in [0.25, 0.3) is 0 Å². The van der Waals surface area contributed by atoms with Crippen molar-refractivity contribution >= 4 is 6.29 Å². The minimum atomic E-state index is 0. The fourth-order valence-electron chi connectivity index (χ4n) is 6.50. The monoisotopic (exact) mass is 855 g/mol. The maximum atomic E-state index is 11.8. The summed E-state index contributed by atoms with van der Waals surface area (Å²) in [7, 11) is 0. The summed E-state index contributed by atoms with van der Waals surface area (Å²) in [5.74, 6) is 1.76. The van der Waals surface area contributed by atoms with Crippen LogP contribution < -0.4 is 43.8 Å². The van der Waals surface area contributed by atoms with Crippen LogP contribution in [-0.2, 0) is 34.1 Å². The molecule has 0 fully saturated rings. The molecule has 1 rings (SSSR count). The molecule has 0 aromatic heterocycles. The van der Waals surface area contributed by atoms with Crippen LogP contribution in [0.15, 0.2) is 50.1 Å². The molecule has 0 aliphatic heterocycles. The molecule has 0 radical (unpaired) electrons. The Hall–Kier alpha value is -1.73. The van der Waals surface area contributed by atoms with Crippen molar-refractivity contribution in [3.05, 3.63) is 55.7 Å². The van der Waals surface area contributed by atoms with Gasteiger partial charge in [0, 0.05) is 0 Å². The standard InChI is InChI=1S/C49H83O10.Na/c1-4-34-54-57-40-31-25-19-13-7-10-16-22-28-37-51-47-43-46(45-50)44-48(52-38-29-23-17-11-8-14-20-26-32-41-58-55-35-5-2)49(47)53-39-30-24-18-12-9-15-21-27-33-42-59-56-36-6-3;/h4-6,43-44H,1-3,7-42H2;/q-1;+1. The van der Waals surface area contributed by atoms with E-state index in [9.17, 15) is 4.79 Å². The van der Waals surface area contributed by atoms with E-state index in [-0.39, 0.29) is 29.6 Å². The van der Waals surface area contributed by atoms with Crippen molar-refractivity contribution in [2.45, 2.75) is 173 Å². The molecular weight excluding hydrogens is 772 g/mol. The van der Waals surface area contributed by atoms with Crippen LogP contribution >= 0.6 is 0 Å². The molecule has 0 aliphatic carbocycles. The minimum absolute atomic E-state index is 0. The number of benzene rings is 1. The van der Waals surface area contributed by atoms with Crippen molar-refractivity contribution in [2.75, 3.05) is 59.5 Å². The first-order valence-corrected chi connectivity index (χ1v) is 23.3. The van der Waals surface area contributed by atoms with Crippen LogP contribution in [0, 0.1) is 0 Å². The zero-order chi connectivity index (χ0) is 42.4. The molecule has 0 spiro atoms. The first-order valence-electron chi connectivity index (χ1n) is 23.3. The molecule has 10 nitrogen and oxygen atoms in total. The largest absolute Gasteiger partial charge is 1.00 e. The Morgan fingerprint density at radius 1 is 0.367 bits per heavy atom. The van der Waals surface area contributed by atoms with Gasteiger partial charge in [0.05, 0.1) is 45.9 Å². The van der Waals surface area contributed by atoms with Crippen molar-refractivity contribution in [3.63, 3.8) is 0 Å². The predicted octanol–water partition coefficient (Wildman–Crippen LogP) is 10.2. The van der Waals surface area contributed by atoms with Gasteiger partial charge < -0.3 is 19.0 Å². The van der Waals surface area contributed by atoms with Gasteiger partial charge in [0.2, 0.25) is 0 Å². The second kappa shape index (κ2) is 48.3. The fraction of sp³-hybridized carbons (Fsp3) is 0.735. The molecule has 0 atom stereocenters. The number of hydrogen-bond donors (Lipinski definition) is 0. The second-order valence-electron chi connectivity index (χ2n) is 15.2. The molecule has 0 amide bonds. The van der Waals surface area contributed by atoms with E-state index in [0.717, 1.165) is 77.0 Å². The Balaban J connectivity index is 0.0000348. The van der Waals surface area contributed by atoms with Crippen LogP contribution in [0.1, 0.15) is 179 Å². The molecule has 0 saturated carbocycles. The van der Waals surface area contributed by atoms with Gasteiger partial charge in [-0.05, 0) is 38.5 Å². The molecule has 0 aliphatic rings. The van der Waals surface area contributed by atoms with Gasteiger partial charge in [-0.1, -0.05) is 153 Å². The van der Waals surface area contributed by atoms with Crippen molar-refractivity contribution in [3.8, 4) is 17.2 Å². The Morgan fingerprint density at radius 2 is 0.617 bits per heavy atom. The van der Waals surface area contributed by atoms with Crippen LogP contribution in [0.4, 0.5) is 0 Å². The Kier molecular flexibility index (Phi) is 46.9. The number of ether oxygens (including phenoxy) is 3. The third-order valence-corrected chi connectivity index (χ3v) is 9.82. The third-order valence-electron chi connectivity index (χ3n) is 9.82.